The number of amides is 1. The third kappa shape index (κ3) is 3.32. The van der Waals surface area contributed by atoms with Crippen LogP contribution in [0.1, 0.15) is 29.8 Å². The number of piperidine rings is 1. The number of carbonyl (C=O) groups is 1. The molecule has 1 spiro atoms. The number of hydrogen-bond acceptors (Lipinski definition) is 6. The minimum atomic E-state index is -0.468. The van der Waals surface area contributed by atoms with Crippen LogP contribution < -0.4 is 5.32 Å². The third-order valence-electron chi connectivity index (χ3n) is 4.72. The highest BCUT2D eigenvalue weighted by Crippen LogP contribution is 2.35. The number of nitrogens with zero attached hydrogens (tertiary/aromatic N) is 4. The number of aromatic nitrogens is 4. The van der Waals surface area contributed by atoms with Crippen molar-refractivity contribution in [3.05, 3.63) is 36.4 Å². The van der Waals surface area contributed by atoms with Crippen molar-refractivity contribution in [3.8, 4) is 0 Å². The maximum absolute atomic E-state index is 12.9. The normalized spacial score (nSPS) is 26.1. The number of imidazole rings is 1. The van der Waals surface area contributed by atoms with Crippen LogP contribution in [-0.4, -0.2) is 62.1 Å². The molecule has 0 saturated carbocycles. The van der Waals surface area contributed by atoms with Crippen LogP contribution in [0.5, 0.6) is 0 Å². The molecule has 2 saturated heterocycles. The van der Waals surface area contributed by atoms with E-state index in [4.69, 9.17) is 4.74 Å². The molecule has 2 aromatic heterocycles. The summed E-state index contributed by atoms with van der Waals surface area (Å²) in [4.78, 5) is 29.0. The number of likely N-dealkylation sites (tertiary alicyclic amines) is 1. The molecule has 9 heteroatoms. The predicted octanol–water partition coefficient (Wildman–Crippen LogP) is 1.21. The van der Waals surface area contributed by atoms with E-state index < -0.39 is 5.82 Å². The number of aromatic amines is 1. The SMILES string of the molecule is O=C(c1cnc[nH]1)N1CCC[C@]2(C[C@@H](Nc3ncc(F)cn3)CO2)C1. The molecule has 1 amide bonds. The van der Waals surface area contributed by atoms with Crippen LogP contribution in [-0.2, 0) is 4.74 Å². The van der Waals surface area contributed by atoms with Gasteiger partial charge in [0.2, 0.25) is 5.95 Å². The fourth-order valence-corrected chi connectivity index (χ4v) is 3.61. The van der Waals surface area contributed by atoms with E-state index in [1.165, 1.54) is 12.5 Å². The number of carbonyl (C=O) groups excluding carboxylic acids is 1. The molecule has 2 aromatic rings. The first kappa shape index (κ1) is 15.9. The molecule has 2 aliphatic heterocycles. The lowest BCUT2D eigenvalue weighted by Gasteiger charge is -2.39. The lowest BCUT2D eigenvalue weighted by Crippen LogP contribution is -2.50. The topological polar surface area (TPSA) is 96.0 Å². The molecule has 25 heavy (non-hydrogen) atoms. The van der Waals surface area contributed by atoms with Crippen LogP contribution in [0, 0.1) is 5.82 Å². The number of anilines is 1. The van der Waals surface area contributed by atoms with E-state index in [0.29, 0.717) is 31.3 Å². The van der Waals surface area contributed by atoms with Gasteiger partial charge in [0.15, 0.2) is 5.82 Å². The number of H-pyrrole nitrogens is 1. The van der Waals surface area contributed by atoms with Gasteiger partial charge in [-0.1, -0.05) is 0 Å². The highest BCUT2D eigenvalue weighted by molar-refractivity contribution is 5.92. The predicted molar refractivity (Wildman–Crippen MR) is 86.4 cm³/mol. The van der Waals surface area contributed by atoms with Crippen LogP contribution in [0.2, 0.25) is 0 Å². The smallest absolute Gasteiger partial charge is 0.272 e. The summed E-state index contributed by atoms with van der Waals surface area (Å²) in [5.74, 6) is -0.142. The van der Waals surface area contributed by atoms with Gasteiger partial charge in [0.05, 0.1) is 49.7 Å². The third-order valence-corrected chi connectivity index (χ3v) is 4.72. The molecule has 132 valence electrons. The van der Waals surface area contributed by atoms with Gasteiger partial charge in [-0.2, -0.15) is 0 Å². The Balaban J connectivity index is 1.40. The molecular weight excluding hydrogens is 327 g/mol. The lowest BCUT2D eigenvalue weighted by atomic mass is 9.88. The summed E-state index contributed by atoms with van der Waals surface area (Å²) in [7, 11) is 0. The van der Waals surface area contributed by atoms with Gasteiger partial charge in [0.25, 0.3) is 5.91 Å². The molecule has 0 aromatic carbocycles. The Hall–Kier alpha value is -2.55. The van der Waals surface area contributed by atoms with Gasteiger partial charge in [-0.3, -0.25) is 4.79 Å². The molecule has 4 rings (SSSR count). The molecule has 2 aliphatic rings. The first-order valence-corrected chi connectivity index (χ1v) is 8.29. The average molecular weight is 346 g/mol. The monoisotopic (exact) mass is 346 g/mol. The minimum Gasteiger partial charge on any atom is -0.371 e. The maximum Gasteiger partial charge on any atom is 0.272 e. The van der Waals surface area contributed by atoms with Crippen LogP contribution in [0.25, 0.3) is 0 Å². The summed E-state index contributed by atoms with van der Waals surface area (Å²) in [6.07, 6.45) is 7.85. The van der Waals surface area contributed by atoms with E-state index in [2.05, 4.69) is 25.3 Å². The fraction of sp³-hybridized carbons (Fsp3) is 0.500. The van der Waals surface area contributed by atoms with Crippen molar-refractivity contribution in [1.82, 2.24) is 24.8 Å². The van der Waals surface area contributed by atoms with Crippen molar-refractivity contribution >= 4 is 11.9 Å². The van der Waals surface area contributed by atoms with E-state index in [1.54, 1.807) is 0 Å². The quantitative estimate of drug-likeness (QED) is 0.867. The Bertz CT molecular complexity index is 738. The highest BCUT2D eigenvalue weighted by atomic mass is 19.1. The van der Waals surface area contributed by atoms with Crippen molar-refractivity contribution < 1.29 is 13.9 Å². The van der Waals surface area contributed by atoms with Gasteiger partial charge >= 0.3 is 0 Å². The number of hydrogen-bond donors (Lipinski definition) is 2. The molecule has 4 heterocycles. The van der Waals surface area contributed by atoms with Gasteiger partial charge < -0.3 is 19.9 Å². The molecule has 0 radical (unpaired) electrons. The van der Waals surface area contributed by atoms with Crippen LogP contribution in [0.15, 0.2) is 24.9 Å². The Morgan fingerprint density at radius 1 is 1.40 bits per heavy atom. The highest BCUT2D eigenvalue weighted by Gasteiger charge is 2.44. The Kier molecular flexibility index (Phi) is 4.08. The molecule has 0 bridgehead atoms. The molecule has 2 N–H and O–H groups in total. The average Bonchev–Trinajstić information content (AvgIpc) is 3.27. The second-order valence-electron chi connectivity index (χ2n) is 6.56. The van der Waals surface area contributed by atoms with Crippen molar-refractivity contribution in [1.29, 1.82) is 0 Å². The first-order valence-electron chi connectivity index (χ1n) is 8.29. The summed E-state index contributed by atoms with van der Waals surface area (Å²) in [6, 6.07) is 0.0349. The largest absolute Gasteiger partial charge is 0.371 e. The van der Waals surface area contributed by atoms with E-state index >= 15 is 0 Å². The van der Waals surface area contributed by atoms with Gasteiger partial charge in [-0.25, -0.2) is 19.3 Å². The molecular formula is C16H19FN6O2. The lowest BCUT2D eigenvalue weighted by molar-refractivity contribution is -0.0448. The summed E-state index contributed by atoms with van der Waals surface area (Å²) in [5, 5.41) is 3.18. The summed E-state index contributed by atoms with van der Waals surface area (Å²) in [6.45, 7) is 1.77. The fourth-order valence-electron chi connectivity index (χ4n) is 3.61. The van der Waals surface area contributed by atoms with E-state index in [1.807, 2.05) is 4.90 Å². The van der Waals surface area contributed by atoms with Gasteiger partial charge in [-0.15, -0.1) is 0 Å². The molecule has 2 atom stereocenters. The van der Waals surface area contributed by atoms with Gasteiger partial charge in [0, 0.05) is 13.0 Å². The number of rotatable bonds is 3. The minimum absolute atomic E-state index is 0.0349. The van der Waals surface area contributed by atoms with Gasteiger partial charge in [-0.05, 0) is 12.8 Å². The second-order valence-corrected chi connectivity index (χ2v) is 6.56. The Morgan fingerprint density at radius 2 is 2.24 bits per heavy atom. The Morgan fingerprint density at radius 3 is 3.00 bits per heavy atom. The van der Waals surface area contributed by atoms with Crippen LogP contribution in [0.4, 0.5) is 10.3 Å². The van der Waals surface area contributed by atoms with Crippen molar-refractivity contribution in [3.63, 3.8) is 0 Å². The summed E-state index contributed by atoms with van der Waals surface area (Å²) in [5.41, 5.74) is 0.135. The van der Waals surface area contributed by atoms with Crippen LogP contribution in [0.3, 0.4) is 0 Å². The first-order chi connectivity index (χ1) is 12.1. The molecule has 8 nitrogen and oxygen atoms in total. The molecule has 2 fully saturated rings. The maximum atomic E-state index is 12.9. The standard InChI is InChI=1S/C16H19FN6O2/c17-11-5-19-15(20-6-11)22-12-4-16(25-8-12)2-1-3-23(9-16)14(24)13-7-18-10-21-13/h5-7,10,12H,1-4,8-9H2,(H,18,21)(H,19,20,22)/t12-,16+/m1/s1. The summed E-state index contributed by atoms with van der Waals surface area (Å²) < 4.78 is 19.0. The van der Waals surface area contributed by atoms with Crippen LogP contribution >= 0.6 is 0 Å². The van der Waals surface area contributed by atoms with E-state index in [9.17, 15) is 9.18 Å². The summed E-state index contributed by atoms with van der Waals surface area (Å²) >= 11 is 0. The number of nitrogens with one attached hydrogen (secondary N) is 2. The van der Waals surface area contributed by atoms with Crippen molar-refractivity contribution in [2.75, 3.05) is 25.0 Å². The zero-order valence-electron chi connectivity index (χ0n) is 13.6. The Labute approximate surface area is 143 Å². The molecule has 0 unspecified atom stereocenters. The zero-order valence-corrected chi connectivity index (χ0v) is 13.6. The van der Waals surface area contributed by atoms with Crippen molar-refractivity contribution in [2.24, 2.45) is 0 Å². The van der Waals surface area contributed by atoms with Crippen molar-refractivity contribution in [2.45, 2.75) is 30.9 Å². The molecule has 0 aliphatic carbocycles. The number of ether oxygens (including phenoxy) is 1. The number of halogens is 1. The van der Waals surface area contributed by atoms with E-state index in [0.717, 1.165) is 31.7 Å². The van der Waals surface area contributed by atoms with Gasteiger partial charge in [0.1, 0.15) is 5.69 Å². The second kappa shape index (κ2) is 6.40. The van der Waals surface area contributed by atoms with E-state index in [-0.39, 0.29) is 17.6 Å². The zero-order chi connectivity index (χ0) is 17.3.